The summed E-state index contributed by atoms with van der Waals surface area (Å²) in [7, 11) is 0. The summed E-state index contributed by atoms with van der Waals surface area (Å²) in [6.45, 7) is -0.191. The van der Waals surface area contributed by atoms with Crippen molar-refractivity contribution in [3.8, 4) is 18.4 Å². The first-order valence-corrected chi connectivity index (χ1v) is 2.77. The highest BCUT2D eigenvalue weighted by atomic mass is 16.5. The maximum absolute atomic E-state index is 10.5. The van der Waals surface area contributed by atoms with Crippen molar-refractivity contribution >= 4 is 5.97 Å². The number of nitrogens with zero attached hydrogens (tertiary/aromatic N) is 1. The molecule has 0 spiro atoms. The van der Waals surface area contributed by atoms with E-state index in [0.29, 0.717) is 6.42 Å². The van der Waals surface area contributed by atoms with Gasteiger partial charge in [-0.05, 0) is 0 Å². The molecule has 0 atom stereocenters. The number of hydrogen-bond donors (Lipinski definition) is 0. The van der Waals surface area contributed by atoms with Crippen LogP contribution in [0.25, 0.3) is 0 Å². The Morgan fingerprint density at radius 3 is 2.90 bits per heavy atom. The smallest absolute Gasteiger partial charge is 0.307 e. The van der Waals surface area contributed by atoms with Crippen molar-refractivity contribution in [3.05, 3.63) is 0 Å². The maximum Gasteiger partial charge on any atom is 0.307 e. The predicted molar refractivity (Wildman–Crippen MR) is 34.6 cm³/mol. The number of nitriles is 1. The highest BCUT2D eigenvalue weighted by molar-refractivity contribution is 5.69. The molecule has 0 aromatic heterocycles. The topological polar surface area (TPSA) is 50.1 Å². The van der Waals surface area contributed by atoms with Gasteiger partial charge in [0.05, 0.1) is 6.42 Å². The minimum atomic E-state index is -0.417. The van der Waals surface area contributed by atoms with Gasteiger partial charge in [0.2, 0.25) is 0 Å². The van der Waals surface area contributed by atoms with E-state index in [0.717, 1.165) is 0 Å². The summed E-state index contributed by atoms with van der Waals surface area (Å²) in [5, 5.41) is 7.97. The molecule has 0 saturated carbocycles. The van der Waals surface area contributed by atoms with Crippen molar-refractivity contribution in [2.75, 3.05) is 6.61 Å². The van der Waals surface area contributed by atoms with E-state index >= 15 is 0 Å². The summed E-state index contributed by atoms with van der Waals surface area (Å²) >= 11 is 0. The molecule has 0 aromatic rings. The van der Waals surface area contributed by atoms with E-state index in [4.69, 9.17) is 11.7 Å². The van der Waals surface area contributed by atoms with Crippen molar-refractivity contribution in [1.82, 2.24) is 0 Å². The molecule has 10 heavy (non-hydrogen) atoms. The Morgan fingerprint density at radius 1 is 1.70 bits per heavy atom. The van der Waals surface area contributed by atoms with E-state index in [1.807, 2.05) is 0 Å². The molecule has 3 heteroatoms. The molecular weight excluding hydrogens is 130 g/mol. The number of rotatable bonds is 3. The zero-order chi connectivity index (χ0) is 7.82. The van der Waals surface area contributed by atoms with Gasteiger partial charge in [-0.3, -0.25) is 4.79 Å². The van der Waals surface area contributed by atoms with Gasteiger partial charge in [0.1, 0.15) is 6.07 Å². The summed E-state index contributed by atoms with van der Waals surface area (Å²) in [5.74, 6) is 1.87. The fraction of sp³-hybridized carbons (Fsp3) is 0.429. The Hall–Kier alpha value is -1.48. The Balaban J connectivity index is 3.30. The van der Waals surface area contributed by atoms with Crippen molar-refractivity contribution in [1.29, 1.82) is 5.26 Å². The van der Waals surface area contributed by atoms with E-state index in [1.54, 1.807) is 6.07 Å². The Bertz CT molecular complexity index is 165. The first kappa shape index (κ1) is 8.52. The lowest BCUT2D eigenvalue weighted by Crippen LogP contribution is -2.03. The molecule has 0 saturated heterocycles. The first-order chi connectivity index (χ1) is 4.81. The minimum absolute atomic E-state index is 0.191. The van der Waals surface area contributed by atoms with E-state index < -0.39 is 5.97 Å². The number of esters is 1. The van der Waals surface area contributed by atoms with Crippen LogP contribution in [0.3, 0.4) is 0 Å². The SMILES string of the molecule is C#CCCC(=O)OCC#N. The van der Waals surface area contributed by atoms with Crippen LogP contribution in [0.4, 0.5) is 0 Å². The molecule has 0 bridgehead atoms. The summed E-state index contributed by atoms with van der Waals surface area (Å²) in [4.78, 5) is 10.5. The molecule has 52 valence electrons. The third-order valence-corrected chi connectivity index (χ3v) is 0.771. The fourth-order valence-electron chi connectivity index (χ4n) is 0.359. The van der Waals surface area contributed by atoms with E-state index in [2.05, 4.69) is 10.7 Å². The summed E-state index contributed by atoms with van der Waals surface area (Å²) in [6.07, 6.45) is 5.44. The van der Waals surface area contributed by atoms with Crippen molar-refractivity contribution in [2.24, 2.45) is 0 Å². The lowest BCUT2D eigenvalue weighted by Gasteiger charge is -1.94. The largest absolute Gasteiger partial charge is 0.450 e. The standard InChI is InChI=1S/C7H7NO2/c1-2-3-4-7(9)10-6-5-8/h1H,3-4,6H2. The monoisotopic (exact) mass is 137 g/mol. The van der Waals surface area contributed by atoms with Gasteiger partial charge in [-0.15, -0.1) is 12.3 Å². The van der Waals surface area contributed by atoms with Crippen molar-refractivity contribution < 1.29 is 9.53 Å². The Labute approximate surface area is 59.6 Å². The average molecular weight is 137 g/mol. The fourth-order valence-corrected chi connectivity index (χ4v) is 0.359. The number of terminal acetylenes is 1. The third kappa shape index (κ3) is 4.67. The van der Waals surface area contributed by atoms with Crippen LogP contribution in [0.15, 0.2) is 0 Å². The molecule has 3 nitrogen and oxygen atoms in total. The highest BCUT2D eigenvalue weighted by Gasteiger charge is 1.98. The summed E-state index contributed by atoms with van der Waals surface area (Å²) < 4.78 is 4.40. The molecule has 0 aliphatic carbocycles. The van der Waals surface area contributed by atoms with Gasteiger partial charge in [0.15, 0.2) is 6.61 Å². The molecule has 0 aromatic carbocycles. The van der Waals surface area contributed by atoms with Crippen LogP contribution in [-0.2, 0) is 9.53 Å². The van der Waals surface area contributed by atoms with Gasteiger partial charge in [-0.25, -0.2) is 0 Å². The number of carbonyl (C=O) groups excluding carboxylic acids is 1. The van der Waals surface area contributed by atoms with Crippen LogP contribution < -0.4 is 0 Å². The van der Waals surface area contributed by atoms with Crippen molar-refractivity contribution in [3.63, 3.8) is 0 Å². The first-order valence-electron chi connectivity index (χ1n) is 2.77. The molecule has 0 heterocycles. The molecule has 0 rings (SSSR count). The average Bonchev–Trinajstić information content (AvgIpc) is 1.97. The highest BCUT2D eigenvalue weighted by Crippen LogP contribution is 1.89. The van der Waals surface area contributed by atoms with E-state index in [1.165, 1.54) is 0 Å². The molecule has 0 fully saturated rings. The van der Waals surface area contributed by atoms with Gasteiger partial charge in [0, 0.05) is 6.42 Å². The number of ether oxygens (including phenoxy) is 1. The van der Waals surface area contributed by atoms with Crippen LogP contribution >= 0.6 is 0 Å². The lowest BCUT2D eigenvalue weighted by molar-refractivity contribution is -0.142. The second kappa shape index (κ2) is 5.65. The zero-order valence-electron chi connectivity index (χ0n) is 5.46. The van der Waals surface area contributed by atoms with Crippen LogP contribution in [0.5, 0.6) is 0 Å². The Kier molecular flexibility index (Phi) is 4.82. The maximum atomic E-state index is 10.5. The lowest BCUT2D eigenvalue weighted by atomic mass is 10.3. The van der Waals surface area contributed by atoms with Gasteiger partial charge >= 0.3 is 5.97 Å². The van der Waals surface area contributed by atoms with Gasteiger partial charge in [-0.1, -0.05) is 0 Å². The molecule has 0 radical (unpaired) electrons. The second-order valence-corrected chi connectivity index (χ2v) is 1.52. The molecule has 0 aliphatic rings. The molecular formula is C7H7NO2. The quantitative estimate of drug-likeness (QED) is 0.419. The Morgan fingerprint density at radius 2 is 2.40 bits per heavy atom. The predicted octanol–water partition coefficient (Wildman–Crippen LogP) is 0.467. The number of hydrogen-bond acceptors (Lipinski definition) is 3. The van der Waals surface area contributed by atoms with Gasteiger partial charge < -0.3 is 4.74 Å². The molecule has 0 unspecified atom stereocenters. The van der Waals surface area contributed by atoms with Crippen LogP contribution in [0.2, 0.25) is 0 Å². The third-order valence-electron chi connectivity index (χ3n) is 0.771. The zero-order valence-corrected chi connectivity index (χ0v) is 5.46. The van der Waals surface area contributed by atoms with Crippen molar-refractivity contribution in [2.45, 2.75) is 12.8 Å². The summed E-state index contributed by atoms with van der Waals surface area (Å²) in [5.41, 5.74) is 0. The summed E-state index contributed by atoms with van der Waals surface area (Å²) in [6, 6.07) is 1.68. The molecule has 0 amide bonds. The van der Waals surface area contributed by atoms with Crippen LogP contribution in [0.1, 0.15) is 12.8 Å². The van der Waals surface area contributed by atoms with E-state index in [9.17, 15) is 4.79 Å². The van der Waals surface area contributed by atoms with E-state index in [-0.39, 0.29) is 13.0 Å². The van der Waals surface area contributed by atoms with Crippen LogP contribution in [-0.4, -0.2) is 12.6 Å². The molecule has 0 aliphatic heterocycles. The number of carbonyl (C=O) groups is 1. The van der Waals surface area contributed by atoms with Gasteiger partial charge in [-0.2, -0.15) is 5.26 Å². The van der Waals surface area contributed by atoms with Gasteiger partial charge in [0.25, 0.3) is 0 Å². The second-order valence-electron chi connectivity index (χ2n) is 1.52. The minimum Gasteiger partial charge on any atom is -0.450 e. The normalized spacial score (nSPS) is 7.40. The van der Waals surface area contributed by atoms with Crippen LogP contribution in [0, 0.1) is 23.7 Å². The molecule has 0 N–H and O–H groups in total.